The smallest absolute Gasteiger partial charge is 0.326 e. The SMILES string of the molecule is CC(C)(C)OC(=O)CN(CCCCCCCCCCC(=O)O)Cc1nccn1CC(=O)OC(C)(C)C. The van der Waals surface area contributed by atoms with Crippen molar-refractivity contribution in [2.45, 2.75) is 124 Å². The average Bonchev–Trinajstić information content (AvgIpc) is 3.12. The molecule has 0 atom stereocenters. The van der Waals surface area contributed by atoms with Crippen LogP contribution in [0.15, 0.2) is 12.4 Å². The van der Waals surface area contributed by atoms with E-state index < -0.39 is 17.2 Å². The topological polar surface area (TPSA) is 111 Å². The van der Waals surface area contributed by atoms with E-state index in [1.807, 2.05) is 46.4 Å². The molecule has 0 aliphatic carbocycles. The van der Waals surface area contributed by atoms with Gasteiger partial charge in [0.05, 0.1) is 13.1 Å². The monoisotopic (exact) mass is 509 g/mol. The highest BCUT2D eigenvalue weighted by Gasteiger charge is 2.21. The Bertz CT molecular complexity index is 807. The number of aliphatic carboxylic acids is 1. The molecule has 0 spiro atoms. The van der Waals surface area contributed by atoms with E-state index in [4.69, 9.17) is 14.6 Å². The maximum absolute atomic E-state index is 12.5. The minimum Gasteiger partial charge on any atom is -0.481 e. The maximum atomic E-state index is 12.5. The van der Waals surface area contributed by atoms with E-state index in [0.717, 1.165) is 57.9 Å². The normalized spacial score (nSPS) is 12.1. The quantitative estimate of drug-likeness (QED) is 0.232. The van der Waals surface area contributed by atoms with Crippen molar-refractivity contribution in [3.63, 3.8) is 0 Å². The van der Waals surface area contributed by atoms with Gasteiger partial charge in [-0.05, 0) is 60.9 Å². The molecule has 1 N–H and O–H groups in total. The molecule has 1 heterocycles. The first-order valence-electron chi connectivity index (χ1n) is 13.1. The fourth-order valence-corrected chi connectivity index (χ4v) is 3.79. The molecule has 1 aromatic rings. The average molecular weight is 510 g/mol. The molecule has 0 bridgehead atoms. The van der Waals surface area contributed by atoms with Crippen LogP contribution in [0.25, 0.3) is 0 Å². The van der Waals surface area contributed by atoms with Gasteiger partial charge < -0.3 is 19.1 Å². The summed E-state index contributed by atoms with van der Waals surface area (Å²) in [5.74, 6) is -0.637. The van der Waals surface area contributed by atoms with Crippen molar-refractivity contribution >= 4 is 17.9 Å². The number of carbonyl (C=O) groups excluding carboxylic acids is 2. The van der Waals surface area contributed by atoms with Crippen molar-refractivity contribution in [3.05, 3.63) is 18.2 Å². The summed E-state index contributed by atoms with van der Waals surface area (Å²) >= 11 is 0. The van der Waals surface area contributed by atoms with E-state index in [2.05, 4.69) is 4.98 Å². The second kappa shape index (κ2) is 15.6. The summed E-state index contributed by atoms with van der Waals surface area (Å²) in [6.45, 7) is 12.4. The van der Waals surface area contributed by atoms with E-state index in [1.165, 1.54) is 0 Å². The molecule has 0 aliphatic rings. The predicted molar refractivity (Wildman–Crippen MR) is 138 cm³/mol. The summed E-state index contributed by atoms with van der Waals surface area (Å²) < 4.78 is 12.7. The van der Waals surface area contributed by atoms with Crippen LogP contribution in [-0.4, -0.2) is 61.8 Å². The summed E-state index contributed by atoms with van der Waals surface area (Å²) in [5, 5.41) is 8.68. The van der Waals surface area contributed by atoms with Crippen LogP contribution in [0.4, 0.5) is 0 Å². The van der Waals surface area contributed by atoms with Crippen molar-refractivity contribution in [2.75, 3.05) is 13.1 Å². The number of carboxylic acid groups (broad SMARTS) is 1. The molecule has 0 saturated carbocycles. The zero-order chi connectivity index (χ0) is 27.2. The molecule has 0 unspecified atom stereocenters. The number of nitrogens with zero attached hydrogens (tertiary/aromatic N) is 3. The van der Waals surface area contributed by atoms with Crippen LogP contribution in [0.1, 0.15) is 105 Å². The van der Waals surface area contributed by atoms with Gasteiger partial charge in [0.2, 0.25) is 0 Å². The molecule has 0 fully saturated rings. The van der Waals surface area contributed by atoms with Crippen molar-refractivity contribution in [3.8, 4) is 0 Å². The lowest BCUT2D eigenvalue weighted by Gasteiger charge is -2.25. The Kier molecular flexibility index (Phi) is 13.7. The van der Waals surface area contributed by atoms with Crippen LogP contribution in [0, 0.1) is 0 Å². The van der Waals surface area contributed by atoms with Gasteiger partial charge in [-0.3, -0.25) is 19.3 Å². The maximum Gasteiger partial charge on any atom is 0.326 e. The van der Waals surface area contributed by atoms with Crippen molar-refractivity contribution in [1.29, 1.82) is 0 Å². The van der Waals surface area contributed by atoms with Gasteiger partial charge in [-0.2, -0.15) is 0 Å². The third kappa shape index (κ3) is 16.3. The molecule has 0 aliphatic heterocycles. The second-order valence-electron chi connectivity index (χ2n) is 11.3. The minimum atomic E-state index is -0.724. The molecule has 0 radical (unpaired) electrons. The highest BCUT2D eigenvalue weighted by Crippen LogP contribution is 2.14. The molecule has 36 heavy (non-hydrogen) atoms. The zero-order valence-electron chi connectivity index (χ0n) is 23.2. The van der Waals surface area contributed by atoms with Crippen molar-refractivity contribution in [2.24, 2.45) is 0 Å². The molecule has 9 heteroatoms. The molecule has 9 nitrogen and oxygen atoms in total. The van der Waals surface area contributed by atoms with Gasteiger partial charge in [0, 0.05) is 18.8 Å². The number of rotatable bonds is 17. The van der Waals surface area contributed by atoms with E-state index in [-0.39, 0.29) is 31.4 Å². The van der Waals surface area contributed by atoms with E-state index in [1.54, 1.807) is 17.0 Å². The van der Waals surface area contributed by atoms with Crippen LogP contribution in [0.2, 0.25) is 0 Å². The van der Waals surface area contributed by atoms with Gasteiger partial charge in [0.15, 0.2) is 0 Å². The number of ether oxygens (including phenoxy) is 2. The summed E-state index contributed by atoms with van der Waals surface area (Å²) in [7, 11) is 0. The first-order chi connectivity index (χ1) is 16.7. The van der Waals surface area contributed by atoms with Crippen LogP contribution < -0.4 is 0 Å². The summed E-state index contributed by atoms with van der Waals surface area (Å²) in [6.07, 6.45) is 11.8. The van der Waals surface area contributed by atoms with Crippen molar-refractivity contribution in [1.82, 2.24) is 14.5 Å². The van der Waals surface area contributed by atoms with E-state index in [9.17, 15) is 14.4 Å². The van der Waals surface area contributed by atoms with E-state index in [0.29, 0.717) is 12.4 Å². The number of esters is 2. The van der Waals surface area contributed by atoms with Gasteiger partial charge >= 0.3 is 17.9 Å². The molecule has 0 amide bonds. The Morgan fingerprint density at radius 2 is 1.39 bits per heavy atom. The number of carboxylic acids is 1. The summed E-state index contributed by atoms with van der Waals surface area (Å²) in [5.41, 5.74) is -1.11. The lowest BCUT2D eigenvalue weighted by molar-refractivity contribution is -0.157. The Labute approximate surface area is 216 Å². The number of hydrogen-bond acceptors (Lipinski definition) is 7. The standard InChI is InChI=1S/C27H47N3O6/c1-26(2,3)35-24(33)20-29(17-14-12-10-8-7-9-11-13-15-23(31)32)19-22-28-16-18-30(22)21-25(34)36-27(4,5)6/h16,18H,7-15,17,19-21H2,1-6H3,(H,31,32). The molecule has 0 saturated heterocycles. The number of hydrogen-bond donors (Lipinski definition) is 1. The first-order valence-corrected chi connectivity index (χ1v) is 13.1. The largest absolute Gasteiger partial charge is 0.481 e. The van der Waals surface area contributed by atoms with Gasteiger partial charge in [-0.25, -0.2) is 4.98 Å². The van der Waals surface area contributed by atoms with Crippen LogP contribution in [-0.2, 0) is 36.9 Å². The molecular formula is C27H47N3O6. The molecule has 1 aromatic heterocycles. The van der Waals surface area contributed by atoms with Gasteiger partial charge in [0.25, 0.3) is 0 Å². The number of carbonyl (C=O) groups is 3. The molecule has 0 aromatic carbocycles. The fraction of sp³-hybridized carbons (Fsp3) is 0.778. The first kappa shape index (κ1) is 31.6. The van der Waals surface area contributed by atoms with Crippen LogP contribution >= 0.6 is 0 Å². The van der Waals surface area contributed by atoms with Crippen molar-refractivity contribution < 1.29 is 29.0 Å². The number of unbranched alkanes of at least 4 members (excludes halogenated alkanes) is 7. The third-order valence-electron chi connectivity index (χ3n) is 5.27. The number of imidazole rings is 1. The summed E-state index contributed by atoms with van der Waals surface area (Å²) in [4.78, 5) is 41.8. The molecule has 1 rings (SSSR count). The molecular weight excluding hydrogens is 462 g/mol. The zero-order valence-corrected chi connectivity index (χ0v) is 23.2. The van der Waals surface area contributed by atoms with Gasteiger partial charge in [-0.15, -0.1) is 0 Å². The number of aromatic nitrogens is 2. The van der Waals surface area contributed by atoms with E-state index >= 15 is 0 Å². The second-order valence-corrected chi connectivity index (χ2v) is 11.3. The highest BCUT2D eigenvalue weighted by atomic mass is 16.6. The summed E-state index contributed by atoms with van der Waals surface area (Å²) in [6, 6.07) is 0. The predicted octanol–water partition coefficient (Wildman–Crippen LogP) is 4.96. The third-order valence-corrected chi connectivity index (χ3v) is 5.27. The van der Waals surface area contributed by atoms with Gasteiger partial charge in [0.1, 0.15) is 23.6 Å². The lowest BCUT2D eigenvalue weighted by Crippen LogP contribution is -2.36. The Balaban J connectivity index is 2.58. The Morgan fingerprint density at radius 3 is 1.94 bits per heavy atom. The fourth-order valence-electron chi connectivity index (χ4n) is 3.79. The molecule has 206 valence electrons. The minimum absolute atomic E-state index is 0.0688. The lowest BCUT2D eigenvalue weighted by atomic mass is 10.1. The Hall–Kier alpha value is -2.42. The Morgan fingerprint density at radius 1 is 0.861 bits per heavy atom. The highest BCUT2D eigenvalue weighted by molar-refractivity contribution is 5.72. The van der Waals surface area contributed by atoms with Gasteiger partial charge in [-0.1, -0.05) is 38.5 Å². The van der Waals surface area contributed by atoms with Crippen LogP contribution in [0.3, 0.4) is 0 Å². The van der Waals surface area contributed by atoms with Crippen LogP contribution in [0.5, 0.6) is 0 Å².